The molecule has 0 aliphatic carbocycles. The fourth-order valence-electron chi connectivity index (χ4n) is 4.82. The lowest BCUT2D eigenvalue weighted by atomic mass is 10.1. The van der Waals surface area contributed by atoms with Gasteiger partial charge in [-0.3, -0.25) is 4.79 Å². The molecule has 0 saturated carbocycles. The maximum absolute atomic E-state index is 13.2. The maximum Gasteiger partial charge on any atom is 0.227 e. The van der Waals surface area contributed by atoms with Gasteiger partial charge in [0, 0.05) is 25.7 Å². The Labute approximate surface area is 206 Å². The molecule has 2 aliphatic heterocycles. The molecule has 35 heavy (non-hydrogen) atoms. The highest BCUT2D eigenvalue weighted by molar-refractivity contribution is 6.04. The Balaban J connectivity index is 1.39. The van der Waals surface area contributed by atoms with Crippen LogP contribution in [0.1, 0.15) is 29.2 Å². The van der Waals surface area contributed by atoms with Gasteiger partial charge in [0.2, 0.25) is 5.91 Å². The van der Waals surface area contributed by atoms with E-state index in [4.69, 9.17) is 14.5 Å². The van der Waals surface area contributed by atoms with Gasteiger partial charge in [-0.25, -0.2) is 4.99 Å². The first-order valence-electron chi connectivity index (χ1n) is 12.1. The second kappa shape index (κ2) is 9.45. The number of piperazine rings is 1. The lowest BCUT2D eigenvalue weighted by molar-refractivity contribution is -0.134. The number of rotatable bonds is 3. The zero-order valence-corrected chi connectivity index (χ0v) is 20.7. The lowest BCUT2D eigenvalue weighted by Gasteiger charge is -2.41. The summed E-state index contributed by atoms with van der Waals surface area (Å²) < 4.78 is 11.6. The molecule has 3 aromatic rings. The summed E-state index contributed by atoms with van der Waals surface area (Å²) in [6, 6.07) is 20.1. The second-order valence-electron chi connectivity index (χ2n) is 9.42. The minimum Gasteiger partial charge on any atom is -0.497 e. The summed E-state index contributed by atoms with van der Waals surface area (Å²) in [6.45, 7) is 8.30. The van der Waals surface area contributed by atoms with Gasteiger partial charge in [0.1, 0.15) is 23.0 Å². The molecule has 0 spiro atoms. The summed E-state index contributed by atoms with van der Waals surface area (Å²) in [7, 11) is 1.64. The van der Waals surface area contributed by atoms with Gasteiger partial charge in [0.15, 0.2) is 5.75 Å². The zero-order chi connectivity index (χ0) is 24.5. The van der Waals surface area contributed by atoms with E-state index >= 15 is 0 Å². The van der Waals surface area contributed by atoms with Crippen molar-refractivity contribution in [3.63, 3.8) is 0 Å². The van der Waals surface area contributed by atoms with Crippen LogP contribution < -0.4 is 9.47 Å². The summed E-state index contributed by atoms with van der Waals surface area (Å²) in [5.41, 5.74) is 5.06. The van der Waals surface area contributed by atoms with E-state index in [0.29, 0.717) is 26.1 Å². The molecule has 2 heterocycles. The van der Waals surface area contributed by atoms with Crippen molar-refractivity contribution in [2.24, 2.45) is 4.99 Å². The maximum atomic E-state index is 13.2. The van der Waals surface area contributed by atoms with Crippen LogP contribution in [-0.4, -0.2) is 54.3 Å². The third kappa shape index (κ3) is 4.74. The fourth-order valence-corrected chi connectivity index (χ4v) is 4.82. The van der Waals surface area contributed by atoms with Crippen molar-refractivity contribution >= 4 is 17.4 Å². The molecule has 0 aromatic heterocycles. The molecule has 0 unspecified atom stereocenters. The number of benzene rings is 3. The Kier molecular flexibility index (Phi) is 6.20. The minimum atomic E-state index is 0.0551. The van der Waals surface area contributed by atoms with Crippen LogP contribution >= 0.6 is 0 Å². The van der Waals surface area contributed by atoms with Crippen molar-refractivity contribution in [3.8, 4) is 17.2 Å². The van der Waals surface area contributed by atoms with E-state index < -0.39 is 0 Å². The van der Waals surface area contributed by atoms with Crippen LogP contribution in [-0.2, 0) is 11.2 Å². The molecule has 6 heteroatoms. The van der Waals surface area contributed by atoms with E-state index in [2.05, 4.69) is 43.9 Å². The van der Waals surface area contributed by atoms with Crippen LogP contribution in [0, 0.1) is 13.8 Å². The largest absolute Gasteiger partial charge is 0.497 e. The predicted octanol–water partition coefficient (Wildman–Crippen LogP) is 5.27. The van der Waals surface area contributed by atoms with Crippen molar-refractivity contribution in [2.45, 2.75) is 33.2 Å². The average Bonchev–Trinajstić information content (AvgIpc) is 3.00. The summed E-state index contributed by atoms with van der Waals surface area (Å²) in [5, 5.41) is 0. The number of nitrogens with zero attached hydrogens (tertiary/aromatic N) is 3. The first kappa shape index (κ1) is 23.0. The lowest BCUT2D eigenvalue weighted by Crippen LogP contribution is -2.55. The number of hydrogen-bond donors (Lipinski definition) is 0. The summed E-state index contributed by atoms with van der Waals surface area (Å²) in [4.78, 5) is 22.5. The molecule has 1 amide bonds. The number of amidine groups is 1. The first-order valence-corrected chi connectivity index (χ1v) is 12.1. The van der Waals surface area contributed by atoms with Gasteiger partial charge in [-0.2, -0.15) is 0 Å². The number of amides is 1. The van der Waals surface area contributed by atoms with E-state index in [1.54, 1.807) is 7.11 Å². The number of ether oxygens (including phenoxy) is 2. The average molecular weight is 470 g/mol. The molecular formula is C29H31N3O3. The number of carbonyl (C=O) groups is 1. The minimum absolute atomic E-state index is 0.0551. The Bertz CT molecular complexity index is 1300. The first-order chi connectivity index (χ1) is 16.9. The summed E-state index contributed by atoms with van der Waals surface area (Å²) in [5.74, 6) is 3.38. The molecule has 2 aliphatic rings. The Morgan fingerprint density at radius 3 is 2.63 bits per heavy atom. The standard InChI is InChI=1S/C29H31N3O3/c1-19-9-11-26-24(14-19)29(30-25-10-8-20(2)15-27(25)35-26)31-12-13-32(21(3)18-31)28(33)17-22-6-5-7-23(16-22)34-4/h5-11,14-16,21H,12-13,17-18H2,1-4H3/t21-/m1/s1. The second-order valence-corrected chi connectivity index (χ2v) is 9.42. The van der Waals surface area contributed by atoms with Crippen molar-refractivity contribution in [2.75, 3.05) is 26.7 Å². The Morgan fingerprint density at radius 1 is 1.03 bits per heavy atom. The SMILES string of the molecule is COc1cccc(CC(=O)N2CCN(C3=Nc4ccc(C)cc4Oc4ccc(C)cc43)C[C@H]2C)c1. The third-order valence-electron chi connectivity index (χ3n) is 6.67. The van der Waals surface area contributed by atoms with Gasteiger partial charge in [0.05, 0.1) is 19.1 Å². The number of fused-ring (bicyclic) bond motifs is 2. The molecule has 0 N–H and O–H groups in total. The topological polar surface area (TPSA) is 54.4 Å². The number of aryl methyl sites for hydroxylation is 2. The van der Waals surface area contributed by atoms with E-state index in [1.165, 1.54) is 0 Å². The predicted molar refractivity (Wildman–Crippen MR) is 138 cm³/mol. The quantitative estimate of drug-likeness (QED) is 0.524. The number of hydrogen-bond acceptors (Lipinski definition) is 5. The van der Waals surface area contributed by atoms with Gasteiger partial charge < -0.3 is 19.3 Å². The van der Waals surface area contributed by atoms with E-state index in [0.717, 1.165) is 51.0 Å². The Morgan fingerprint density at radius 2 is 1.83 bits per heavy atom. The fraction of sp³-hybridized carbons (Fsp3) is 0.310. The third-order valence-corrected chi connectivity index (χ3v) is 6.67. The smallest absolute Gasteiger partial charge is 0.227 e. The molecule has 180 valence electrons. The highest BCUT2D eigenvalue weighted by atomic mass is 16.5. The highest BCUT2D eigenvalue weighted by Crippen LogP contribution is 2.39. The summed E-state index contributed by atoms with van der Waals surface area (Å²) in [6.07, 6.45) is 0.366. The van der Waals surface area contributed by atoms with E-state index in [9.17, 15) is 4.79 Å². The molecule has 6 nitrogen and oxygen atoms in total. The number of carbonyl (C=O) groups excluding carboxylic acids is 1. The Hall–Kier alpha value is -3.80. The van der Waals surface area contributed by atoms with Crippen LogP contribution in [0.5, 0.6) is 17.2 Å². The van der Waals surface area contributed by atoms with E-state index in [1.807, 2.05) is 47.4 Å². The molecule has 1 fully saturated rings. The van der Waals surface area contributed by atoms with Gasteiger partial charge >= 0.3 is 0 Å². The number of methoxy groups -OCH3 is 1. The molecule has 1 atom stereocenters. The van der Waals surface area contributed by atoms with Crippen molar-refractivity contribution < 1.29 is 14.3 Å². The van der Waals surface area contributed by atoms with Crippen molar-refractivity contribution in [1.82, 2.24) is 9.80 Å². The highest BCUT2D eigenvalue weighted by Gasteiger charge is 2.31. The zero-order valence-electron chi connectivity index (χ0n) is 20.7. The number of aliphatic imine (C=N–C) groups is 1. The van der Waals surface area contributed by atoms with Gasteiger partial charge in [0.25, 0.3) is 0 Å². The van der Waals surface area contributed by atoms with Crippen LogP contribution in [0.3, 0.4) is 0 Å². The molecule has 3 aromatic carbocycles. The van der Waals surface area contributed by atoms with Crippen LogP contribution in [0.15, 0.2) is 65.7 Å². The normalized spacial score (nSPS) is 17.0. The molecule has 0 bridgehead atoms. The van der Waals surface area contributed by atoms with E-state index in [-0.39, 0.29) is 11.9 Å². The van der Waals surface area contributed by atoms with Crippen LogP contribution in [0.25, 0.3) is 0 Å². The van der Waals surface area contributed by atoms with Gasteiger partial charge in [-0.1, -0.05) is 29.8 Å². The molecule has 0 radical (unpaired) electrons. The monoisotopic (exact) mass is 469 g/mol. The van der Waals surface area contributed by atoms with Crippen molar-refractivity contribution in [1.29, 1.82) is 0 Å². The van der Waals surface area contributed by atoms with Crippen molar-refractivity contribution in [3.05, 3.63) is 82.9 Å². The summed E-state index contributed by atoms with van der Waals surface area (Å²) >= 11 is 0. The van der Waals surface area contributed by atoms with Crippen LogP contribution in [0.2, 0.25) is 0 Å². The van der Waals surface area contributed by atoms with Gasteiger partial charge in [-0.05, 0) is 68.3 Å². The molecule has 5 rings (SSSR count). The van der Waals surface area contributed by atoms with Crippen LogP contribution in [0.4, 0.5) is 5.69 Å². The molecule has 1 saturated heterocycles. The van der Waals surface area contributed by atoms with Gasteiger partial charge in [-0.15, -0.1) is 0 Å². The molecular weight excluding hydrogens is 438 g/mol.